The third kappa shape index (κ3) is 7.37. The van der Waals surface area contributed by atoms with Crippen LogP contribution in [0, 0.1) is 11.8 Å². The molecular weight excluding hydrogens is 725 g/mol. The van der Waals surface area contributed by atoms with E-state index in [9.17, 15) is 14.7 Å². The summed E-state index contributed by atoms with van der Waals surface area (Å²) in [5.41, 5.74) is 1.58. The quantitative estimate of drug-likeness (QED) is 0.121. The largest absolute Gasteiger partial charge is 0.455 e. The number of aromatic nitrogens is 3. The van der Waals surface area contributed by atoms with Gasteiger partial charge in [0.15, 0.2) is 0 Å². The molecule has 0 saturated carbocycles. The molecule has 298 valence electrons. The Balaban J connectivity index is 1.25. The number of aliphatic hydroxyl groups excluding tert-OH is 1. The first-order chi connectivity index (χ1) is 27.6. The van der Waals surface area contributed by atoms with Crippen molar-refractivity contribution >= 4 is 34.7 Å². The van der Waals surface area contributed by atoms with Crippen LogP contribution in [-0.4, -0.2) is 109 Å². The van der Waals surface area contributed by atoms with Gasteiger partial charge in [-0.3, -0.25) is 19.2 Å². The van der Waals surface area contributed by atoms with Gasteiger partial charge in [0, 0.05) is 20.0 Å². The van der Waals surface area contributed by atoms with Crippen LogP contribution in [-0.2, 0) is 41.7 Å². The molecule has 3 aromatic carbocycles. The van der Waals surface area contributed by atoms with Crippen molar-refractivity contribution < 1.29 is 33.8 Å². The van der Waals surface area contributed by atoms with Crippen molar-refractivity contribution in [1.82, 2.24) is 29.7 Å². The summed E-state index contributed by atoms with van der Waals surface area (Å²) >= 11 is 0. The van der Waals surface area contributed by atoms with Gasteiger partial charge in [-0.2, -0.15) is 0 Å². The highest BCUT2D eigenvalue weighted by Crippen LogP contribution is 2.59. The second-order valence-electron chi connectivity index (χ2n) is 15.2. The lowest BCUT2D eigenvalue weighted by Gasteiger charge is -2.39. The smallest absolute Gasteiger partial charge is 0.313 e. The van der Waals surface area contributed by atoms with Crippen molar-refractivity contribution in [3.63, 3.8) is 0 Å². The molecule has 8 atom stereocenters. The van der Waals surface area contributed by atoms with Crippen LogP contribution in [0.2, 0.25) is 0 Å². The van der Waals surface area contributed by atoms with E-state index in [1.165, 1.54) is 4.90 Å². The second-order valence-corrected chi connectivity index (χ2v) is 15.2. The predicted octanol–water partition coefficient (Wildman–Crippen LogP) is 4.48. The normalized spacial score (nSPS) is 23.8. The van der Waals surface area contributed by atoms with Gasteiger partial charge in [0.1, 0.15) is 29.9 Å². The van der Waals surface area contributed by atoms with Crippen LogP contribution in [0.3, 0.4) is 0 Å². The molecule has 13 heteroatoms. The molecule has 1 spiro atoms. The summed E-state index contributed by atoms with van der Waals surface area (Å²) < 4.78 is 14.8. The van der Waals surface area contributed by atoms with Crippen molar-refractivity contribution in [1.29, 1.82) is 0 Å². The number of carbonyl (C=O) groups is 4. The van der Waals surface area contributed by atoms with Gasteiger partial charge in [-0.05, 0) is 55.9 Å². The Bertz CT molecular complexity index is 2110. The van der Waals surface area contributed by atoms with E-state index in [0.717, 1.165) is 11.1 Å². The van der Waals surface area contributed by atoms with Crippen LogP contribution in [0.5, 0.6) is 0 Å². The molecule has 3 aliphatic rings. The number of carbonyl (C=O) groups excluding carboxylic acids is 4. The number of allylic oxidation sites excluding steroid dienone is 1. The van der Waals surface area contributed by atoms with Gasteiger partial charge in [-0.1, -0.05) is 90.2 Å². The topological polar surface area (TPSA) is 147 Å². The average molecular weight is 775 g/mol. The predicted molar refractivity (Wildman–Crippen MR) is 212 cm³/mol. The third-order valence-corrected chi connectivity index (χ3v) is 11.9. The van der Waals surface area contributed by atoms with Gasteiger partial charge in [0.2, 0.25) is 17.7 Å². The number of likely N-dealkylation sites (N-methyl/N-ethyl adjacent to an activating group) is 1. The number of esters is 1. The summed E-state index contributed by atoms with van der Waals surface area (Å²) in [5.74, 6) is -3.71. The Hall–Kier alpha value is -5.66. The summed E-state index contributed by atoms with van der Waals surface area (Å²) in [6, 6.07) is 23.6. The Labute approximate surface area is 332 Å². The van der Waals surface area contributed by atoms with E-state index in [-0.39, 0.29) is 32.0 Å². The minimum Gasteiger partial charge on any atom is -0.455 e. The summed E-state index contributed by atoms with van der Waals surface area (Å²) in [6.07, 6.45) is 3.55. The van der Waals surface area contributed by atoms with E-state index in [1.54, 1.807) is 33.7 Å². The molecule has 1 N–H and O–H groups in total. The maximum absolute atomic E-state index is 15.2. The van der Waals surface area contributed by atoms with Crippen LogP contribution >= 0.6 is 0 Å². The van der Waals surface area contributed by atoms with Crippen molar-refractivity contribution in [2.45, 2.75) is 81.6 Å². The molecule has 3 saturated heterocycles. The molecule has 0 aliphatic carbocycles. The van der Waals surface area contributed by atoms with E-state index in [0.29, 0.717) is 30.3 Å². The first kappa shape index (κ1) is 39.6. The molecule has 3 aliphatic heterocycles. The Morgan fingerprint density at radius 3 is 2.44 bits per heavy atom. The Kier molecular flexibility index (Phi) is 11.7. The van der Waals surface area contributed by atoms with E-state index >= 15 is 9.59 Å². The molecule has 4 heterocycles. The molecule has 0 unspecified atom stereocenters. The lowest BCUT2D eigenvalue weighted by molar-refractivity contribution is -0.165. The van der Waals surface area contributed by atoms with Crippen molar-refractivity contribution in [2.24, 2.45) is 11.8 Å². The summed E-state index contributed by atoms with van der Waals surface area (Å²) in [4.78, 5) is 62.7. The van der Waals surface area contributed by atoms with Crippen LogP contribution in [0.1, 0.15) is 49.8 Å². The van der Waals surface area contributed by atoms with Crippen LogP contribution in [0.25, 0.3) is 11.0 Å². The first-order valence-corrected chi connectivity index (χ1v) is 19.6. The number of amides is 3. The maximum atomic E-state index is 15.2. The van der Waals surface area contributed by atoms with E-state index in [1.807, 2.05) is 91.9 Å². The highest BCUT2D eigenvalue weighted by Gasteiger charge is 2.75. The molecule has 13 nitrogen and oxygen atoms in total. The summed E-state index contributed by atoms with van der Waals surface area (Å²) in [5, 5.41) is 19.5. The molecule has 7 rings (SSSR count). The van der Waals surface area contributed by atoms with Crippen molar-refractivity contribution in [3.05, 3.63) is 121 Å². The standard InChI is InChI=1S/C44H50N6O7/c1-5-7-22-36(52)47(4)29(3)39(31-18-12-9-13-19-31)56-43(55)37-35-23-24-44(57-35)38(37)41(53)50(32(27-51)26-30-16-10-8-11-17-30)40(44)42(54)48(25-6-2)28-49-34-21-15-14-20-33(34)45-46-49/h5-6,8-21,29,32,35,37-40,51H,1-2,7,22-28H2,3-4H3/t29-,32-,35-,37+,38+,39+,40-,44+/m1/s1. The molecule has 4 aromatic rings. The number of ether oxygens (including phenoxy) is 2. The van der Waals surface area contributed by atoms with E-state index < -0.39 is 72.2 Å². The fraction of sp³-hybridized carbons (Fsp3) is 0.409. The van der Waals surface area contributed by atoms with Gasteiger partial charge < -0.3 is 29.3 Å². The number of hydrogen-bond acceptors (Lipinski definition) is 9. The molecular formula is C44H50N6O7. The fourth-order valence-electron chi connectivity index (χ4n) is 9.02. The molecule has 2 bridgehead atoms. The van der Waals surface area contributed by atoms with Gasteiger partial charge >= 0.3 is 5.97 Å². The third-order valence-electron chi connectivity index (χ3n) is 11.9. The first-order valence-electron chi connectivity index (χ1n) is 19.6. The SMILES string of the molecule is C=CCCC(=O)N(C)[C@H](C)[C@H](OC(=O)[C@@H]1[C@H]2C(=O)N([C@@H](CO)Cc3ccccc3)[C@H](C(=O)N(CC=C)Cn3nnc4ccccc43)[C@]23CC[C@H]1O3)c1ccccc1. The van der Waals surface area contributed by atoms with Crippen LogP contribution in [0.4, 0.5) is 0 Å². The molecule has 3 amide bonds. The Morgan fingerprint density at radius 2 is 1.74 bits per heavy atom. The van der Waals surface area contributed by atoms with Gasteiger partial charge in [-0.15, -0.1) is 18.3 Å². The zero-order chi connectivity index (χ0) is 40.3. The van der Waals surface area contributed by atoms with Crippen LogP contribution in [0.15, 0.2) is 110 Å². The monoisotopic (exact) mass is 774 g/mol. The number of para-hydroxylation sites is 1. The zero-order valence-electron chi connectivity index (χ0n) is 32.4. The average Bonchev–Trinajstić information content (AvgIpc) is 4.00. The summed E-state index contributed by atoms with van der Waals surface area (Å²) in [7, 11) is 1.68. The van der Waals surface area contributed by atoms with Gasteiger partial charge in [0.05, 0.1) is 42.1 Å². The van der Waals surface area contributed by atoms with E-state index in [4.69, 9.17) is 9.47 Å². The number of aliphatic hydroxyl groups is 1. The fourth-order valence-corrected chi connectivity index (χ4v) is 9.02. The summed E-state index contributed by atoms with van der Waals surface area (Å²) in [6.45, 7) is 9.17. The van der Waals surface area contributed by atoms with Crippen LogP contribution < -0.4 is 0 Å². The minimum atomic E-state index is -1.37. The molecule has 57 heavy (non-hydrogen) atoms. The highest BCUT2D eigenvalue weighted by atomic mass is 16.6. The zero-order valence-corrected chi connectivity index (χ0v) is 32.4. The van der Waals surface area contributed by atoms with Gasteiger partial charge in [0.25, 0.3) is 0 Å². The van der Waals surface area contributed by atoms with E-state index in [2.05, 4.69) is 23.5 Å². The molecule has 1 aromatic heterocycles. The van der Waals surface area contributed by atoms with Crippen molar-refractivity contribution in [3.8, 4) is 0 Å². The highest BCUT2D eigenvalue weighted by molar-refractivity contribution is 5.98. The number of likely N-dealkylation sites (tertiary alicyclic amines) is 1. The molecule has 0 radical (unpaired) electrons. The van der Waals surface area contributed by atoms with Crippen molar-refractivity contribution in [2.75, 3.05) is 20.2 Å². The number of fused-ring (bicyclic) bond motifs is 2. The molecule has 3 fully saturated rings. The maximum Gasteiger partial charge on any atom is 0.313 e. The number of hydrogen-bond donors (Lipinski definition) is 1. The number of benzene rings is 3. The van der Waals surface area contributed by atoms with Gasteiger partial charge in [-0.25, -0.2) is 4.68 Å². The number of rotatable bonds is 17. The minimum absolute atomic E-state index is 0.0116. The number of nitrogens with zero attached hydrogens (tertiary/aromatic N) is 6. The lowest BCUT2D eigenvalue weighted by atomic mass is 9.70. The Morgan fingerprint density at radius 1 is 1.04 bits per heavy atom. The second kappa shape index (κ2) is 16.8. The lowest BCUT2D eigenvalue weighted by Crippen LogP contribution is -2.59.